The van der Waals surface area contributed by atoms with E-state index < -0.39 is 10.7 Å². The van der Waals surface area contributed by atoms with Crippen molar-refractivity contribution < 1.29 is 14.1 Å². The van der Waals surface area contributed by atoms with Gasteiger partial charge < -0.3 is 4.90 Å². The van der Waals surface area contributed by atoms with Crippen LogP contribution in [0.2, 0.25) is 0 Å². The van der Waals surface area contributed by atoms with Crippen LogP contribution in [0.1, 0.15) is 29.6 Å². The Bertz CT molecular complexity index is 551. The summed E-state index contributed by atoms with van der Waals surface area (Å²) in [5.41, 5.74) is -0.444. The van der Waals surface area contributed by atoms with Crippen molar-refractivity contribution in [2.45, 2.75) is 19.3 Å². The van der Waals surface area contributed by atoms with E-state index in [-0.39, 0.29) is 17.2 Å². The molecular formula is C14H16BrFN2O3. The van der Waals surface area contributed by atoms with Crippen LogP contribution >= 0.6 is 15.9 Å². The number of alkyl halides is 1. The minimum Gasteiger partial charge on any atom is -0.338 e. The smallest absolute Gasteiger partial charge is 0.272 e. The molecule has 0 spiro atoms. The topological polar surface area (TPSA) is 63.4 Å². The van der Waals surface area contributed by atoms with E-state index in [4.69, 9.17) is 0 Å². The number of hydrogen-bond donors (Lipinski definition) is 0. The molecule has 0 N–H and O–H groups in total. The van der Waals surface area contributed by atoms with Crippen molar-refractivity contribution in [3.63, 3.8) is 0 Å². The van der Waals surface area contributed by atoms with Gasteiger partial charge in [0.05, 0.1) is 16.6 Å². The zero-order valence-corrected chi connectivity index (χ0v) is 13.0. The minimum atomic E-state index is -0.836. The van der Waals surface area contributed by atoms with Gasteiger partial charge in [-0.25, -0.2) is 4.39 Å². The lowest BCUT2D eigenvalue weighted by Gasteiger charge is -2.32. The number of rotatable bonds is 4. The molecule has 1 atom stereocenters. The molecule has 1 aromatic rings. The number of carbonyl (C=O) groups is 1. The molecule has 1 saturated heterocycles. The predicted molar refractivity (Wildman–Crippen MR) is 80.1 cm³/mol. The largest absolute Gasteiger partial charge is 0.338 e. The summed E-state index contributed by atoms with van der Waals surface area (Å²) in [6.07, 6.45) is 2.95. The number of non-ortho nitro benzene ring substituents is 1. The summed E-state index contributed by atoms with van der Waals surface area (Å²) >= 11 is 3.39. The lowest BCUT2D eigenvalue weighted by molar-refractivity contribution is -0.385. The Morgan fingerprint density at radius 1 is 1.52 bits per heavy atom. The molecule has 114 valence electrons. The second-order valence-corrected chi connectivity index (χ2v) is 5.95. The summed E-state index contributed by atoms with van der Waals surface area (Å²) in [5.74, 6) is -0.804. The van der Waals surface area contributed by atoms with Crippen molar-refractivity contribution in [1.29, 1.82) is 0 Å². The number of halogens is 2. The zero-order valence-electron chi connectivity index (χ0n) is 11.4. The van der Waals surface area contributed by atoms with E-state index in [1.807, 2.05) is 0 Å². The number of piperidine rings is 1. The molecule has 1 aromatic carbocycles. The van der Waals surface area contributed by atoms with Crippen molar-refractivity contribution in [2.24, 2.45) is 5.92 Å². The van der Waals surface area contributed by atoms with Gasteiger partial charge in [-0.15, -0.1) is 0 Å². The molecule has 0 bridgehead atoms. The number of amides is 1. The SMILES string of the molecule is O=C(c1ccc([N+](=O)[O-])cc1F)N1CCCC(CCBr)C1. The van der Waals surface area contributed by atoms with Gasteiger partial charge in [0.15, 0.2) is 0 Å². The second-order valence-electron chi connectivity index (χ2n) is 5.16. The highest BCUT2D eigenvalue weighted by molar-refractivity contribution is 9.09. The van der Waals surface area contributed by atoms with Gasteiger partial charge >= 0.3 is 0 Å². The molecule has 0 saturated carbocycles. The van der Waals surface area contributed by atoms with Crippen LogP contribution in [0.5, 0.6) is 0 Å². The van der Waals surface area contributed by atoms with E-state index in [0.29, 0.717) is 19.0 Å². The van der Waals surface area contributed by atoms with Gasteiger partial charge in [0.2, 0.25) is 0 Å². The Morgan fingerprint density at radius 2 is 2.29 bits per heavy atom. The lowest BCUT2D eigenvalue weighted by Crippen LogP contribution is -2.40. The number of nitro groups is 1. The first-order valence-corrected chi connectivity index (χ1v) is 7.94. The number of hydrogen-bond acceptors (Lipinski definition) is 3. The standard InChI is InChI=1S/C14H16BrFN2O3/c15-6-5-10-2-1-7-17(9-10)14(19)12-4-3-11(18(20)21)8-13(12)16/h3-4,8,10H,1-2,5-7,9H2. The summed E-state index contributed by atoms with van der Waals surface area (Å²) in [5, 5.41) is 11.5. The first-order chi connectivity index (χ1) is 10.0. The van der Waals surface area contributed by atoms with Crippen LogP contribution in [0.3, 0.4) is 0 Å². The van der Waals surface area contributed by atoms with Crippen molar-refractivity contribution >= 4 is 27.5 Å². The Kier molecular flexibility index (Phi) is 5.27. The van der Waals surface area contributed by atoms with Crippen LogP contribution in [0, 0.1) is 21.8 Å². The van der Waals surface area contributed by atoms with Gasteiger partial charge in [0, 0.05) is 24.5 Å². The van der Waals surface area contributed by atoms with Crippen molar-refractivity contribution in [3.8, 4) is 0 Å². The summed E-state index contributed by atoms with van der Waals surface area (Å²) in [4.78, 5) is 23.9. The molecule has 0 aromatic heterocycles. The summed E-state index contributed by atoms with van der Waals surface area (Å²) in [7, 11) is 0. The van der Waals surface area contributed by atoms with Gasteiger partial charge in [-0.2, -0.15) is 0 Å². The third kappa shape index (κ3) is 3.78. The monoisotopic (exact) mass is 358 g/mol. The average molecular weight is 359 g/mol. The highest BCUT2D eigenvalue weighted by Gasteiger charge is 2.26. The average Bonchev–Trinajstić information content (AvgIpc) is 2.47. The third-order valence-electron chi connectivity index (χ3n) is 3.72. The second kappa shape index (κ2) is 6.98. The van der Waals surface area contributed by atoms with E-state index in [2.05, 4.69) is 15.9 Å². The van der Waals surface area contributed by atoms with Crippen LogP contribution in [-0.2, 0) is 0 Å². The number of carbonyl (C=O) groups excluding carboxylic acids is 1. The predicted octanol–water partition coefficient (Wildman–Crippen LogP) is 3.37. The van der Waals surface area contributed by atoms with Gasteiger partial charge in [0.25, 0.3) is 11.6 Å². The van der Waals surface area contributed by atoms with E-state index >= 15 is 0 Å². The zero-order chi connectivity index (χ0) is 15.4. The number of nitro benzene ring substituents is 1. The summed E-state index contributed by atoms with van der Waals surface area (Å²) in [6.45, 7) is 1.22. The van der Waals surface area contributed by atoms with Crippen LogP contribution in [0.25, 0.3) is 0 Å². The molecular weight excluding hydrogens is 343 g/mol. The van der Waals surface area contributed by atoms with E-state index in [1.165, 1.54) is 6.07 Å². The molecule has 1 unspecified atom stereocenters. The molecule has 5 nitrogen and oxygen atoms in total. The molecule has 7 heteroatoms. The van der Waals surface area contributed by atoms with Crippen molar-refractivity contribution in [2.75, 3.05) is 18.4 Å². The lowest BCUT2D eigenvalue weighted by atomic mass is 9.95. The fraction of sp³-hybridized carbons (Fsp3) is 0.500. The normalized spacial score (nSPS) is 18.6. The molecule has 0 aliphatic carbocycles. The van der Waals surface area contributed by atoms with Gasteiger partial charge in [-0.05, 0) is 31.2 Å². The number of nitrogens with zero attached hydrogens (tertiary/aromatic N) is 2. The van der Waals surface area contributed by atoms with E-state index in [9.17, 15) is 19.3 Å². The maximum absolute atomic E-state index is 13.9. The molecule has 0 radical (unpaired) electrons. The molecule has 1 fully saturated rings. The molecule has 1 aliphatic rings. The van der Waals surface area contributed by atoms with Gasteiger partial charge in [-0.3, -0.25) is 14.9 Å². The fourth-order valence-corrected chi connectivity index (χ4v) is 3.25. The maximum atomic E-state index is 13.9. The Balaban J connectivity index is 2.14. The van der Waals surface area contributed by atoms with Crippen LogP contribution in [0.15, 0.2) is 18.2 Å². The first-order valence-electron chi connectivity index (χ1n) is 6.82. The fourth-order valence-electron chi connectivity index (χ4n) is 2.60. The Hall–Kier alpha value is -1.50. The Labute approximate surface area is 130 Å². The number of likely N-dealkylation sites (tertiary alicyclic amines) is 1. The molecule has 1 heterocycles. The summed E-state index contributed by atoms with van der Waals surface area (Å²) in [6, 6.07) is 3.16. The summed E-state index contributed by atoms with van der Waals surface area (Å²) < 4.78 is 13.9. The van der Waals surface area contributed by atoms with Crippen molar-refractivity contribution in [3.05, 3.63) is 39.7 Å². The Morgan fingerprint density at radius 3 is 2.90 bits per heavy atom. The van der Waals surface area contributed by atoms with Crippen LogP contribution in [-0.4, -0.2) is 34.2 Å². The number of benzene rings is 1. The quantitative estimate of drug-likeness (QED) is 0.470. The van der Waals surface area contributed by atoms with E-state index in [1.54, 1.807) is 4.90 Å². The molecule has 1 amide bonds. The van der Waals surface area contributed by atoms with Gasteiger partial charge in [0.1, 0.15) is 5.82 Å². The minimum absolute atomic E-state index is 0.0971. The molecule has 21 heavy (non-hydrogen) atoms. The van der Waals surface area contributed by atoms with E-state index in [0.717, 1.165) is 36.7 Å². The highest BCUT2D eigenvalue weighted by atomic mass is 79.9. The highest BCUT2D eigenvalue weighted by Crippen LogP contribution is 2.24. The van der Waals surface area contributed by atoms with Gasteiger partial charge in [-0.1, -0.05) is 15.9 Å². The molecule has 1 aliphatic heterocycles. The van der Waals surface area contributed by atoms with Crippen LogP contribution in [0.4, 0.5) is 10.1 Å². The van der Waals surface area contributed by atoms with Crippen molar-refractivity contribution in [1.82, 2.24) is 4.90 Å². The van der Waals surface area contributed by atoms with Crippen LogP contribution < -0.4 is 0 Å². The molecule has 2 rings (SSSR count). The first kappa shape index (κ1) is 15.9. The third-order valence-corrected chi connectivity index (χ3v) is 4.18. The maximum Gasteiger partial charge on any atom is 0.272 e.